The lowest BCUT2D eigenvalue weighted by Gasteiger charge is -2.34. The highest BCUT2D eigenvalue weighted by atomic mass is 16.3. The second kappa shape index (κ2) is 6.89. The van der Waals surface area contributed by atoms with E-state index >= 15 is 0 Å². The van der Waals surface area contributed by atoms with Gasteiger partial charge in [0.2, 0.25) is 17.7 Å². The first kappa shape index (κ1) is 18.2. The molecule has 1 aromatic rings. The van der Waals surface area contributed by atoms with Crippen molar-refractivity contribution in [3.8, 4) is 0 Å². The second-order valence-corrected chi connectivity index (χ2v) is 8.40. The highest BCUT2D eigenvalue weighted by molar-refractivity contribution is 5.97. The normalized spacial score (nSPS) is 31.6. The van der Waals surface area contributed by atoms with E-state index in [-0.39, 0.29) is 53.9 Å². The number of nitrogens with one attached hydrogen (secondary N) is 2. The Morgan fingerprint density at radius 1 is 1.21 bits per heavy atom. The van der Waals surface area contributed by atoms with Gasteiger partial charge in [0.25, 0.3) is 5.91 Å². The molecule has 4 atom stereocenters. The van der Waals surface area contributed by atoms with E-state index in [0.717, 1.165) is 19.3 Å². The minimum atomic E-state index is -0.642. The number of furan rings is 1. The Labute approximate surface area is 167 Å². The van der Waals surface area contributed by atoms with E-state index in [1.54, 1.807) is 21.9 Å². The number of nitrogens with zero attached hydrogens (tertiary/aromatic N) is 2. The molecule has 3 saturated heterocycles. The van der Waals surface area contributed by atoms with Crippen LogP contribution in [0.3, 0.4) is 0 Å². The van der Waals surface area contributed by atoms with E-state index in [4.69, 9.17) is 4.42 Å². The van der Waals surface area contributed by atoms with Crippen LogP contribution in [0.4, 0.5) is 0 Å². The topological polar surface area (TPSA) is 112 Å². The van der Waals surface area contributed by atoms with Gasteiger partial charge in [0.1, 0.15) is 12.1 Å². The van der Waals surface area contributed by atoms with E-state index in [1.807, 2.05) is 0 Å². The molecule has 0 radical (unpaired) electrons. The zero-order valence-electron chi connectivity index (χ0n) is 16.0. The number of rotatable bonds is 3. The van der Waals surface area contributed by atoms with Crippen LogP contribution in [-0.2, 0) is 14.4 Å². The minimum Gasteiger partial charge on any atom is -0.459 e. The quantitative estimate of drug-likeness (QED) is 0.735. The fourth-order valence-corrected chi connectivity index (χ4v) is 4.93. The Hall–Kier alpha value is -2.84. The molecule has 1 saturated carbocycles. The van der Waals surface area contributed by atoms with Gasteiger partial charge in [-0.3, -0.25) is 19.2 Å². The van der Waals surface area contributed by atoms with Gasteiger partial charge in [-0.05, 0) is 37.8 Å². The van der Waals surface area contributed by atoms with Crippen LogP contribution in [0.5, 0.6) is 0 Å². The summed E-state index contributed by atoms with van der Waals surface area (Å²) < 4.78 is 5.11. The predicted octanol–water partition coefficient (Wildman–Crippen LogP) is -0.122. The summed E-state index contributed by atoms with van der Waals surface area (Å²) in [6.45, 7) is 0.742. The van der Waals surface area contributed by atoms with Crippen LogP contribution in [0.1, 0.15) is 42.7 Å². The average molecular weight is 400 g/mol. The lowest BCUT2D eigenvalue weighted by atomic mass is 9.84. The van der Waals surface area contributed by atoms with Crippen molar-refractivity contribution in [2.75, 3.05) is 13.1 Å². The zero-order valence-corrected chi connectivity index (χ0v) is 16.0. The molecule has 0 unspecified atom stereocenters. The molecule has 4 amide bonds. The van der Waals surface area contributed by atoms with E-state index in [2.05, 4.69) is 10.6 Å². The first-order valence-electron chi connectivity index (χ1n) is 10.3. The maximum absolute atomic E-state index is 13.4. The maximum atomic E-state index is 13.4. The first-order chi connectivity index (χ1) is 14.0. The number of carbonyl (C=O) groups is 4. The van der Waals surface area contributed by atoms with Gasteiger partial charge in [-0.25, -0.2) is 0 Å². The van der Waals surface area contributed by atoms with Gasteiger partial charge in [-0.2, -0.15) is 0 Å². The molecule has 1 aliphatic carbocycles. The van der Waals surface area contributed by atoms with Crippen molar-refractivity contribution in [3.05, 3.63) is 24.2 Å². The van der Waals surface area contributed by atoms with Crippen LogP contribution in [0.25, 0.3) is 0 Å². The van der Waals surface area contributed by atoms with Crippen molar-refractivity contribution in [1.82, 2.24) is 20.4 Å². The standard InChI is InChI=1S/C20H24N4O5/c25-17-14-9-12(21-18(26)15-5-2-8-29-15)10-24(14)20(28)16-13(22-17)6-7-23(16)19(27)11-3-1-4-11/h2,5,8,11-14,16H,1,3-4,6-7,9-10H2,(H,21,26)(H,22,25)/t12-,13-,14+,16-/m0/s1. The molecule has 5 rings (SSSR count). The summed E-state index contributed by atoms with van der Waals surface area (Å²) in [5, 5.41) is 5.82. The Morgan fingerprint density at radius 3 is 2.72 bits per heavy atom. The summed E-state index contributed by atoms with van der Waals surface area (Å²) >= 11 is 0. The monoisotopic (exact) mass is 400 g/mol. The van der Waals surface area contributed by atoms with E-state index in [9.17, 15) is 19.2 Å². The number of likely N-dealkylation sites (tertiary alicyclic amines) is 1. The van der Waals surface area contributed by atoms with E-state index in [1.165, 1.54) is 6.26 Å². The van der Waals surface area contributed by atoms with Crippen molar-refractivity contribution < 1.29 is 23.6 Å². The highest BCUT2D eigenvalue weighted by Gasteiger charge is 2.53. The van der Waals surface area contributed by atoms with Gasteiger partial charge in [-0.15, -0.1) is 0 Å². The molecule has 0 aromatic carbocycles. The summed E-state index contributed by atoms with van der Waals surface area (Å²) in [6.07, 6.45) is 5.16. The van der Waals surface area contributed by atoms with Gasteiger partial charge in [0.15, 0.2) is 5.76 Å². The molecule has 4 aliphatic rings. The number of carbonyl (C=O) groups excluding carboxylic acids is 4. The van der Waals surface area contributed by atoms with Crippen molar-refractivity contribution in [2.24, 2.45) is 5.92 Å². The summed E-state index contributed by atoms with van der Waals surface area (Å²) in [6, 6.07) is 1.24. The molecule has 4 fully saturated rings. The van der Waals surface area contributed by atoms with E-state index in [0.29, 0.717) is 19.4 Å². The first-order valence-corrected chi connectivity index (χ1v) is 10.3. The molecular weight excluding hydrogens is 376 g/mol. The largest absolute Gasteiger partial charge is 0.459 e. The van der Waals surface area contributed by atoms with Crippen molar-refractivity contribution in [1.29, 1.82) is 0 Å². The summed E-state index contributed by atoms with van der Waals surface area (Å²) in [5.41, 5.74) is 0. The van der Waals surface area contributed by atoms with Crippen LogP contribution in [0.2, 0.25) is 0 Å². The third-order valence-corrected chi connectivity index (χ3v) is 6.68. The van der Waals surface area contributed by atoms with Crippen LogP contribution in [0.15, 0.2) is 22.8 Å². The third kappa shape index (κ3) is 2.99. The summed E-state index contributed by atoms with van der Waals surface area (Å²) in [4.78, 5) is 54.5. The number of hydrogen-bond acceptors (Lipinski definition) is 5. The van der Waals surface area contributed by atoms with Crippen LogP contribution < -0.4 is 10.6 Å². The number of hydrogen-bond donors (Lipinski definition) is 2. The maximum Gasteiger partial charge on any atom is 0.287 e. The highest BCUT2D eigenvalue weighted by Crippen LogP contribution is 2.34. The second-order valence-electron chi connectivity index (χ2n) is 8.40. The fraction of sp³-hybridized carbons (Fsp3) is 0.600. The van der Waals surface area contributed by atoms with Crippen molar-refractivity contribution in [3.63, 3.8) is 0 Å². The molecular formula is C20H24N4O5. The smallest absolute Gasteiger partial charge is 0.287 e. The van der Waals surface area contributed by atoms with Gasteiger partial charge >= 0.3 is 0 Å². The third-order valence-electron chi connectivity index (χ3n) is 6.68. The van der Waals surface area contributed by atoms with Crippen molar-refractivity contribution in [2.45, 2.75) is 56.3 Å². The molecule has 0 spiro atoms. The molecule has 3 aliphatic heterocycles. The van der Waals surface area contributed by atoms with E-state index < -0.39 is 12.1 Å². The van der Waals surface area contributed by atoms with Gasteiger partial charge < -0.3 is 24.9 Å². The molecule has 0 bridgehead atoms. The Morgan fingerprint density at radius 2 is 2.03 bits per heavy atom. The van der Waals surface area contributed by atoms with Gasteiger partial charge in [0, 0.05) is 25.0 Å². The zero-order chi connectivity index (χ0) is 20.1. The van der Waals surface area contributed by atoms with Crippen molar-refractivity contribution >= 4 is 23.6 Å². The number of fused-ring (bicyclic) bond motifs is 2. The van der Waals surface area contributed by atoms with Gasteiger partial charge in [0.05, 0.1) is 12.3 Å². The van der Waals surface area contributed by atoms with Crippen LogP contribution in [-0.4, -0.2) is 70.7 Å². The molecule has 4 heterocycles. The molecule has 9 nitrogen and oxygen atoms in total. The SMILES string of the molecule is O=C(N[C@H]1C[C@@H]2C(=O)N[C@H]3CCN(C(=O)C4CCC4)[C@@H]3C(=O)N2C1)c1ccco1. The Kier molecular flexibility index (Phi) is 4.33. The predicted molar refractivity (Wildman–Crippen MR) is 99.5 cm³/mol. The minimum absolute atomic E-state index is 0.00946. The Bertz CT molecular complexity index is 849. The fourth-order valence-electron chi connectivity index (χ4n) is 4.93. The van der Waals surface area contributed by atoms with Gasteiger partial charge in [-0.1, -0.05) is 6.42 Å². The molecule has 9 heteroatoms. The summed E-state index contributed by atoms with van der Waals surface area (Å²) in [5.74, 6) is -0.541. The Balaban J connectivity index is 1.33. The molecule has 1 aromatic heterocycles. The number of amides is 4. The lowest BCUT2D eigenvalue weighted by molar-refractivity contribution is -0.148. The lowest BCUT2D eigenvalue weighted by Crippen LogP contribution is -2.54. The molecule has 2 N–H and O–H groups in total. The molecule has 29 heavy (non-hydrogen) atoms. The van der Waals surface area contributed by atoms with Crippen LogP contribution in [0, 0.1) is 5.92 Å². The summed E-state index contributed by atoms with van der Waals surface area (Å²) in [7, 11) is 0. The van der Waals surface area contributed by atoms with Crippen LogP contribution >= 0.6 is 0 Å². The average Bonchev–Trinajstić information content (AvgIpc) is 3.38. The molecule has 154 valence electrons.